The number of pyridine rings is 2. The van der Waals surface area contributed by atoms with Crippen LogP contribution in [-0.4, -0.2) is 16.3 Å². The van der Waals surface area contributed by atoms with Crippen molar-refractivity contribution in [1.29, 1.82) is 0 Å². The topological polar surface area (TPSA) is 52.1 Å². The molecule has 0 saturated heterocycles. The molecule has 0 atom stereocenters. The molecule has 4 nitrogen and oxygen atoms in total. The second-order valence-corrected chi connectivity index (χ2v) is 3.20. The smallest absolute Gasteiger partial charge is 0.229 e. The minimum atomic E-state index is 0.300. The molecule has 0 aliphatic carbocycles. The normalized spacial score (nSPS) is 9.81. The zero-order valence-electron chi connectivity index (χ0n) is 8.75. The van der Waals surface area contributed by atoms with Gasteiger partial charge >= 0.3 is 0 Å². The van der Waals surface area contributed by atoms with Gasteiger partial charge in [0.25, 0.3) is 0 Å². The van der Waals surface area contributed by atoms with Gasteiger partial charge in [0, 0.05) is 12.4 Å². The molecule has 0 aliphatic rings. The van der Waals surface area contributed by atoms with E-state index < -0.39 is 0 Å². The lowest BCUT2D eigenvalue weighted by Gasteiger charge is -2.07. The highest BCUT2D eigenvalue weighted by molar-refractivity contribution is 5.78. The average Bonchev–Trinajstić information content (AvgIpc) is 2.33. The van der Waals surface area contributed by atoms with E-state index in [0.29, 0.717) is 23.5 Å². The summed E-state index contributed by atoms with van der Waals surface area (Å²) in [5.41, 5.74) is 1.18. The van der Waals surface area contributed by atoms with Gasteiger partial charge in [-0.3, -0.25) is 9.78 Å². The van der Waals surface area contributed by atoms with E-state index in [4.69, 9.17) is 4.74 Å². The summed E-state index contributed by atoms with van der Waals surface area (Å²) >= 11 is 0. The minimum absolute atomic E-state index is 0.300. The highest BCUT2D eigenvalue weighted by Crippen LogP contribution is 2.23. The van der Waals surface area contributed by atoms with Gasteiger partial charge < -0.3 is 4.74 Å². The molecule has 0 radical (unpaired) electrons. The molecular weight excluding hydrogens is 204 g/mol. The number of nitrogens with zero attached hydrogens (tertiary/aromatic N) is 2. The SMILES string of the molecule is Cc1ncccc1Oc1ncccc1C=O. The van der Waals surface area contributed by atoms with Crippen molar-refractivity contribution >= 4 is 6.29 Å². The molecule has 0 fully saturated rings. The van der Waals surface area contributed by atoms with E-state index >= 15 is 0 Å². The van der Waals surface area contributed by atoms with Crippen molar-refractivity contribution in [3.05, 3.63) is 47.9 Å². The Balaban J connectivity index is 2.34. The number of aryl methyl sites for hydroxylation is 1. The Morgan fingerprint density at radius 3 is 2.69 bits per heavy atom. The lowest BCUT2D eigenvalue weighted by molar-refractivity contribution is 0.112. The van der Waals surface area contributed by atoms with Gasteiger partial charge in [-0.1, -0.05) is 0 Å². The maximum absolute atomic E-state index is 10.8. The molecule has 0 unspecified atom stereocenters. The first kappa shape index (κ1) is 10.3. The zero-order chi connectivity index (χ0) is 11.4. The van der Waals surface area contributed by atoms with E-state index in [0.717, 1.165) is 5.69 Å². The van der Waals surface area contributed by atoms with Gasteiger partial charge in [-0.05, 0) is 31.2 Å². The van der Waals surface area contributed by atoms with Crippen LogP contribution in [0.2, 0.25) is 0 Å². The molecule has 0 N–H and O–H groups in total. The quantitative estimate of drug-likeness (QED) is 0.736. The van der Waals surface area contributed by atoms with E-state index in [9.17, 15) is 4.79 Å². The Labute approximate surface area is 92.9 Å². The Kier molecular flexibility index (Phi) is 2.91. The fraction of sp³-hybridized carbons (Fsp3) is 0.0833. The summed E-state index contributed by atoms with van der Waals surface area (Å²) in [6.45, 7) is 1.83. The number of aldehydes is 1. The van der Waals surface area contributed by atoms with Crippen LogP contribution in [-0.2, 0) is 0 Å². The molecule has 0 saturated carbocycles. The maximum Gasteiger partial charge on any atom is 0.229 e. The molecule has 16 heavy (non-hydrogen) atoms. The van der Waals surface area contributed by atoms with Gasteiger partial charge in [-0.15, -0.1) is 0 Å². The van der Waals surface area contributed by atoms with Crippen molar-refractivity contribution in [2.24, 2.45) is 0 Å². The van der Waals surface area contributed by atoms with Crippen molar-refractivity contribution in [2.45, 2.75) is 6.92 Å². The molecule has 2 heterocycles. The van der Waals surface area contributed by atoms with Crippen molar-refractivity contribution in [3.8, 4) is 11.6 Å². The van der Waals surface area contributed by atoms with Crippen molar-refractivity contribution < 1.29 is 9.53 Å². The molecule has 0 amide bonds. The molecule has 2 aromatic heterocycles. The summed E-state index contributed by atoms with van der Waals surface area (Å²) in [7, 11) is 0. The molecule has 2 rings (SSSR count). The van der Waals surface area contributed by atoms with Crippen LogP contribution >= 0.6 is 0 Å². The van der Waals surface area contributed by atoms with Gasteiger partial charge in [0.05, 0.1) is 11.3 Å². The van der Waals surface area contributed by atoms with Gasteiger partial charge in [0.1, 0.15) is 0 Å². The first-order valence-corrected chi connectivity index (χ1v) is 4.81. The fourth-order valence-electron chi connectivity index (χ4n) is 1.26. The Hall–Kier alpha value is -2.23. The predicted molar refractivity (Wildman–Crippen MR) is 58.7 cm³/mol. The molecule has 2 aromatic rings. The third kappa shape index (κ3) is 2.06. The van der Waals surface area contributed by atoms with E-state index in [-0.39, 0.29) is 0 Å². The second-order valence-electron chi connectivity index (χ2n) is 3.20. The minimum Gasteiger partial charge on any atom is -0.436 e. The first-order chi connectivity index (χ1) is 7.81. The van der Waals surface area contributed by atoms with Crippen LogP contribution in [0.15, 0.2) is 36.7 Å². The lowest BCUT2D eigenvalue weighted by atomic mass is 10.3. The van der Waals surface area contributed by atoms with Crippen LogP contribution in [0.5, 0.6) is 11.6 Å². The molecule has 4 heteroatoms. The van der Waals surface area contributed by atoms with Crippen molar-refractivity contribution in [2.75, 3.05) is 0 Å². The summed E-state index contributed by atoms with van der Waals surface area (Å²) in [6.07, 6.45) is 3.98. The molecule has 80 valence electrons. The van der Waals surface area contributed by atoms with Crippen molar-refractivity contribution in [1.82, 2.24) is 9.97 Å². The maximum atomic E-state index is 10.8. The van der Waals surface area contributed by atoms with E-state index in [1.54, 1.807) is 36.7 Å². The Morgan fingerprint density at radius 1 is 1.19 bits per heavy atom. The Morgan fingerprint density at radius 2 is 1.94 bits per heavy atom. The van der Waals surface area contributed by atoms with Gasteiger partial charge in [-0.25, -0.2) is 4.98 Å². The number of ether oxygens (including phenoxy) is 1. The van der Waals surface area contributed by atoms with Crippen LogP contribution in [0.3, 0.4) is 0 Å². The summed E-state index contributed by atoms with van der Waals surface area (Å²) < 4.78 is 5.53. The number of carbonyl (C=O) groups is 1. The van der Waals surface area contributed by atoms with Gasteiger partial charge in [-0.2, -0.15) is 0 Å². The Bertz CT molecular complexity index is 512. The number of aromatic nitrogens is 2. The summed E-state index contributed by atoms with van der Waals surface area (Å²) in [5.74, 6) is 0.901. The van der Waals surface area contributed by atoms with Crippen LogP contribution < -0.4 is 4.74 Å². The van der Waals surface area contributed by atoms with Crippen LogP contribution in [0.4, 0.5) is 0 Å². The highest BCUT2D eigenvalue weighted by Gasteiger charge is 2.06. The number of carbonyl (C=O) groups excluding carboxylic acids is 1. The van der Waals surface area contributed by atoms with Crippen LogP contribution in [0.25, 0.3) is 0 Å². The predicted octanol–water partition coefficient (Wildman–Crippen LogP) is 2.39. The summed E-state index contributed by atoms with van der Waals surface area (Å²) in [4.78, 5) is 18.9. The van der Waals surface area contributed by atoms with Crippen LogP contribution in [0.1, 0.15) is 16.1 Å². The van der Waals surface area contributed by atoms with Gasteiger partial charge in [0.15, 0.2) is 12.0 Å². The third-order valence-electron chi connectivity index (χ3n) is 2.09. The standard InChI is InChI=1S/C12H10N2O2/c1-9-11(5-3-6-13-9)16-12-10(8-15)4-2-7-14-12/h2-8H,1H3. The lowest BCUT2D eigenvalue weighted by Crippen LogP contribution is -1.95. The van der Waals surface area contributed by atoms with E-state index in [2.05, 4.69) is 9.97 Å². The monoisotopic (exact) mass is 214 g/mol. The third-order valence-corrected chi connectivity index (χ3v) is 2.09. The number of rotatable bonds is 3. The zero-order valence-corrected chi connectivity index (χ0v) is 8.75. The largest absolute Gasteiger partial charge is 0.436 e. The number of hydrogen-bond acceptors (Lipinski definition) is 4. The molecule has 0 aliphatic heterocycles. The number of hydrogen-bond donors (Lipinski definition) is 0. The van der Waals surface area contributed by atoms with E-state index in [1.807, 2.05) is 6.92 Å². The molecule has 0 bridgehead atoms. The summed E-state index contributed by atoms with van der Waals surface area (Å²) in [6, 6.07) is 6.89. The molecule has 0 spiro atoms. The van der Waals surface area contributed by atoms with E-state index in [1.165, 1.54) is 0 Å². The van der Waals surface area contributed by atoms with Gasteiger partial charge in [0.2, 0.25) is 5.88 Å². The first-order valence-electron chi connectivity index (χ1n) is 4.81. The van der Waals surface area contributed by atoms with Crippen LogP contribution in [0, 0.1) is 6.92 Å². The summed E-state index contributed by atoms with van der Waals surface area (Å²) in [5, 5.41) is 0. The second kappa shape index (κ2) is 4.53. The average molecular weight is 214 g/mol. The highest BCUT2D eigenvalue weighted by atomic mass is 16.5. The fourth-order valence-corrected chi connectivity index (χ4v) is 1.26. The van der Waals surface area contributed by atoms with Crippen molar-refractivity contribution in [3.63, 3.8) is 0 Å². The molecular formula is C12H10N2O2. The molecule has 0 aromatic carbocycles.